The monoisotopic (exact) mass is 326 g/mol. The number of alkyl halides is 6. The van der Waals surface area contributed by atoms with Crippen molar-refractivity contribution < 1.29 is 36.6 Å². The van der Waals surface area contributed by atoms with Crippen LogP contribution in [0.3, 0.4) is 0 Å². The van der Waals surface area contributed by atoms with Crippen LogP contribution >= 0.6 is 0 Å². The average molecular weight is 326 g/mol. The number of hydrogen-bond donors (Lipinski definition) is 2. The third-order valence-corrected chi connectivity index (χ3v) is 2.64. The van der Waals surface area contributed by atoms with Crippen molar-refractivity contribution in [2.24, 2.45) is 0 Å². The zero-order valence-corrected chi connectivity index (χ0v) is 11.5. The van der Waals surface area contributed by atoms with Crippen LogP contribution in [0.5, 0.6) is 0 Å². The molecule has 2 nitrogen and oxygen atoms in total. The van der Waals surface area contributed by atoms with Crippen molar-refractivity contribution in [2.45, 2.75) is 37.4 Å². The first-order valence-corrected chi connectivity index (χ1v) is 5.90. The molecule has 0 saturated heterocycles. The molecule has 1 aromatic rings. The molecule has 0 aliphatic rings. The molecule has 0 radical (unpaired) electrons. The number of hydrogen-bond acceptors (Lipinski definition) is 2. The lowest BCUT2D eigenvalue weighted by atomic mass is 9.91. The average Bonchev–Trinajstić information content (AvgIpc) is 2.32. The summed E-state index contributed by atoms with van der Waals surface area (Å²) in [7, 11) is 0. The zero-order chi connectivity index (χ0) is 17.4. The van der Waals surface area contributed by atoms with E-state index in [0.29, 0.717) is 12.1 Å². The molecule has 0 aliphatic heterocycles. The van der Waals surface area contributed by atoms with E-state index in [4.69, 9.17) is 0 Å². The van der Waals surface area contributed by atoms with Crippen LogP contribution in [0.2, 0.25) is 0 Å². The van der Waals surface area contributed by atoms with Gasteiger partial charge >= 0.3 is 12.4 Å². The Balaban J connectivity index is 3.29. The van der Waals surface area contributed by atoms with Gasteiger partial charge in [-0.3, -0.25) is 0 Å². The highest BCUT2D eigenvalue weighted by Crippen LogP contribution is 2.49. The number of halogens is 6. The van der Waals surface area contributed by atoms with Gasteiger partial charge in [-0.25, -0.2) is 0 Å². The Bertz CT molecular complexity index is 567. The molecule has 2 N–H and O–H groups in total. The molecule has 22 heavy (non-hydrogen) atoms. The fourth-order valence-corrected chi connectivity index (χ4v) is 1.51. The first-order chi connectivity index (χ1) is 9.68. The van der Waals surface area contributed by atoms with Crippen molar-refractivity contribution in [1.29, 1.82) is 0 Å². The molecular formula is C14H12F6O2. The van der Waals surface area contributed by atoms with E-state index in [2.05, 4.69) is 11.8 Å². The van der Waals surface area contributed by atoms with Crippen molar-refractivity contribution in [2.75, 3.05) is 0 Å². The van der Waals surface area contributed by atoms with Crippen LogP contribution in [0.25, 0.3) is 0 Å². The summed E-state index contributed by atoms with van der Waals surface area (Å²) >= 11 is 0. The van der Waals surface area contributed by atoms with E-state index in [-0.39, 0.29) is 5.56 Å². The second-order valence-corrected chi connectivity index (χ2v) is 5.09. The molecule has 0 heterocycles. The van der Waals surface area contributed by atoms with Crippen LogP contribution in [-0.2, 0) is 5.60 Å². The maximum atomic E-state index is 12.7. The van der Waals surface area contributed by atoms with Gasteiger partial charge in [0.2, 0.25) is 0 Å². The molecule has 1 aromatic carbocycles. The Morgan fingerprint density at radius 3 is 1.55 bits per heavy atom. The van der Waals surface area contributed by atoms with Crippen LogP contribution in [0.4, 0.5) is 26.3 Å². The lowest BCUT2D eigenvalue weighted by molar-refractivity contribution is -0.376. The second-order valence-electron chi connectivity index (χ2n) is 5.09. The summed E-state index contributed by atoms with van der Waals surface area (Å²) in [5.74, 6) is 4.75. The van der Waals surface area contributed by atoms with Gasteiger partial charge in [-0.05, 0) is 26.0 Å². The second kappa shape index (κ2) is 5.48. The Hall–Kier alpha value is -1.72. The van der Waals surface area contributed by atoms with Crippen molar-refractivity contribution in [3.8, 4) is 11.8 Å². The van der Waals surface area contributed by atoms with Gasteiger partial charge in [-0.2, -0.15) is 26.3 Å². The van der Waals surface area contributed by atoms with Crippen molar-refractivity contribution in [3.63, 3.8) is 0 Å². The van der Waals surface area contributed by atoms with Crippen LogP contribution < -0.4 is 0 Å². The predicted octanol–water partition coefficient (Wildman–Crippen LogP) is 3.12. The van der Waals surface area contributed by atoms with Gasteiger partial charge in [-0.15, -0.1) is 0 Å². The summed E-state index contributed by atoms with van der Waals surface area (Å²) in [6.45, 7) is 2.72. The number of aliphatic hydroxyl groups is 2. The van der Waals surface area contributed by atoms with Crippen molar-refractivity contribution >= 4 is 0 Å². The van der Waals surface area contributed by atoms with E-state index in [1.165, 1.54) is 13.8 Å². The van der Waals surface area contributed by atoms with Gasteiger partial charge in [0.1, 0.15) is 5.60 Å². The minimum absolute atomic E-state index is 0.0950. The first-order valence-electron chi connectivity index (χ1n) is 5.90. The zero-order valence-electron chi connectivity index (χ0n) is 11.5. The third-order valence-electron chi connectivity index (χ3n) is 2.64. The Morgan fingerprint density at radius 2 is 1.23 bits per heavy atom. The first kappa shape index (κ1) is 18.3. The fourth-order valence-electron chi connectivity index (χ4n) is 1.51. The van der Waals surface area contributed by atoms with Crippen molar-refractivity contribution in [3.05, 3.63) is 35.4 Å². The minimum atomic E-state index is -5.93. The van der Waals surface area contributed by atoms with Gasteiger partial charge in [0, 0.05) is 11.1 Å². The van der Waals surface area contributed by atoms with Crippen LogP contribution in [-0.4, -0.2) is 28.2 Å². The van der Waals surface area contributed by atoms with E-state index in [9.17, 15) is 36.6 Å². The molecule has 0 unspecified atom stereocenters. The highest BCUT2D eigenvalue weighted by Gasteiger charge is 2.71. The van der Waals surface area contributed by atoms with Crippen LogP contribution in [0, 0.1) is 11.8 Å². The highest BCUT2D eigenvalue weighted by molar-refractivity contribution is 5.39. The summed E-state index contributed by atoms with van der Waals surface area (Å²) in [4.78, 5) is 0. The van der Waals surface area contributed by atoms with E-state index in [1.54, 1.807) is 0 Å². The molecule has 0 bridgehead atoms. The molecule has 1 rings (SSSR count). The SMILES string of the molecule is CC(C)(O)C#Cc1ccc(C(O)(C(F)(F)F)C(F)(F)F)cc1. The van der Waals surface area contributed by atoms with E-state index < -0.39 is 29.1 Å². The van der Waals surface area contributed by atoms with E-state index >= 15 is 0 Å². The van der Waals surface area contributed by atoms with Gasteiger partial charge in [0.05, 0.1) is 0 Å². The van der Waals surface area contributed by atoms with Gasteiger partial charge < -0.3 is 10.2 Å². The Morgan fingerprint density at radius 1 is 0.818 bits per heavy atom. The fraction of sp³-hybridized carbons (Fsp3) is 0.429. The molecule has 8 heteroatoms. The summed E-state index contributed by atoms with van der Waals surface area (Å²) in [5.41, 5.74) is -7.58. The van der Waals surface area contributed by atoms with E-state index in [1.807, 2.05) is 0 Å². The molecule has 0 fully saturated rings. The number of rotatable bonds is 1. The van der Waals surface area contributed by atoms with Crippen molar-refractivity contribution in [1.82, 2.24) is 0 Å². The Kier molecular flexibility index (Phi) is 4.57. The molecule has 0 amide bonds. The maximum absolute atomic E-state index is 12.7. The molecule has 0 spiro atoms. The number of benzene rings is 1. The smallest absolute Gasteiger partial charge is 0.378 e. The third kappa shape index (κ3) is 3.72. The van der Waals surface area contributed by atoms with Gasteiger partial charge in [0.25, 0.3) is 5.60 Å². The summed E-state index contributed by atoms with van der Waals surface area (Å²) in [5, 5.41) is 18.5. The van der Waals surface area contributed by atoms with Gasteiger partial charge in [-0.1, -0.05) is 24.0 Å². The molecule has 0 aliphatic carbocycles. The quantitative estimate of drug-likeness (QED) is 0.615. The standard InChI is InChI=1S/C14H12F6O2/c1-11(2,21)8-7-9-3-5-10(6-4-9)12(22,13(15,16)17)14(18,19)20/h3-6,21-22H,1-2H3. The molecule has 0 aromatic heterocycles. The van der Waals surface area contributed by atoms with Gasteiger partial charge in [0.15, 0.2) is 0 Å². The summed E-state index contributed by atoms with van der Waals surface area (Å²) in [6, 6.07) is 2.79. The molecular weight excluding hydrogens is 314 g/mol. The highest BCUT2D eigenvalue weighted by atomic mass is 19.4. The van der Waals surface area contributed by atoms with Crippen LogP contribution in [0.1, 0.15) is 25.0 Å². The van der Waals surface area contributed by atoms with E-state index in [0.717, 1.165) is 12.1 Å². The maximum Gasteiger partial charge on any atom is 0.430 e. The summed E-state index contributed by atoms with van der Waals surface area (Å²) < 4.78 is 76.0. The summed E-state index contributed by atoms with van der Waals surface area (Å²) in [6.07, 6.45) is -11.9. The largest absolute Gasteiger partial charge is 0.430 e. The molecule has 0 atom stereocenters. The minimum Gasteiger partial charge on any atom is -0.378 e. The molecule has 122 valence electrons. The lowest BCUT2D eigenvalue weighted by Crippen LogP contribution is -2.53. The normalized spacial score (nSPS) is 13.5. The Labute approximate surface area is 122 Å². The molecule has 0 saturated carbocycles. The van der Waals surface area contributed by atoms with Crippen LogP contribution in [0.15, 0.2) is 24.3 Å². The lowest BCUT2D eigenvalue weighted by Gasteiger charge is -2.32. The predicted molar refractivity (Wildman–Crippen MR) is 65.6 cm³/mol. The topological polar surface area (TPSA) is 40.5 Å².